The van der Waals surface area contributed by atoms with Crippen LogP contribution in [0, 0.1) is 11.7 Å². The van der Waals surface area contributed by atoms with Gasteiger partial charge in [-0.05, 0) is 30.0 Å². The summed E-state index contributed by atoms with van der Waals surface area (Å²) in [6.45, 7) is 1.52. The molecule has 0 unspecified atom stereocenters. The van der Waals surface area contributed by atoms with Crippen molar-refractivity contribution >= 4 is 15.9 Å². The Hall–Kier alpha value is -3.03. The number of rotatable bonds is 8. The normalized spacial score (nSPS) is 15.2. The molecule has 0 atom stereocenters. The smallest absolute Gasteiger partial charge is 0.226 e. The fraction of sp³-hybridized carbons (Fsp3) is 0.296. The summed E-state index contributed by atoms with van der Waals surface area (Å²) in [5.74, 6) is -1.09. The summed E-state index contributed by atoms with van der Waals surface area (Å²) in [4.78, 5) is 15.4. The van der Waals surface area contributed by atoms with Crippen molar-refractivity contribution in [1.82, 2.24) is 9.21 Å². The summed E-state index contributed by atoms with van der Waals surface area (Å²) >= 11 is 0. The zero-order valence-corrected chi connectivity index (χ0v) is 19.8. The molecule has 34 heavy (non-hydrogen) atoms. The van der Waals surface area contributed by atoms with Gasteiger partial charge in [-0.15, -0.1) is 0 Å². The van der Waals surface area contributed by atoms with E-state index in [-0.39, 0.29) is 36.2 Å². The molecule has 1 saturated heterocycles. The van der Waals surface area contributed by atoms with Crippen molar-refractivity contribution in [2.75, 3.05) is 13.1 Å². The van der Waals surface area contributed by atoms with Crippen LogP contribution in [0.15, 0.2) is 84.9 Å². The van der Waals surface area contributed by atoms with Gasteiger partial charge in [0.25, 0.3) is 0 Å². The van der Waals surface area contributed by atoms with Crippen molar-refractivity contribution in [3.8, 4) is 0 Å². The van der Waals surface area contributed by atoms with E-state index in [2.05, 4.69) is 0 Å². The largest absolute Gasteiger partial charge is 0.334 e. The molecule has 1 aliphatic rings. The van der Waals surface area contributed by atoms with E-state index in [1.165, 1.54) is 16.4 Å². The molecule has 0 saturated carbocycles. The molecule has 1 aliphatic heterocycles. The molecular weight excluding hydrogens is 451 g/mol. The second-order valence-electron chi connectivity index (χ2n) is 8.69. The standard InChI is InChI=1S/C27H29FN2O3S/c28-26-14-8-7-13-25(26)21-34(32,33)30-17-15-24(16-18-30)27(31)29(19-22-9-3-1-4-10-22)20-23-11-5-2-6-12-23/h1-14,24H,15-21H2. The van der Waals surface area contributed by atoms with Gasteiger partial charge in [0.1, 0.15) is 5.82 Å². The lowest BCUT2D eigenvalue weighted by molar-refractivity contribution is -0.138. The number of sulfonamides is 1. The van der Waals surface area contributed by atoms with E-state index in [4.69, 9.17) is 0 Å². The molecule has 178 valence electrons. The summed E-state index contributed by atoms with van der Waals surface area (Å²) in [5.41, 5.74) is 2.27. The Morgan fingerprint density at radius 3 is 1.85 bits per heavy atom. The van der Waals surface area contributed by atoms with Crippen LogP contribution in [0.5, 0.6) is 0 Å². The Balaban J connectivity index is 1.42. The van der Waals surface area contributed by atoms with Crippen LogP contribution in [0.3, 0.4) is 0 Å². The molecule has 0 spiro atoms. The Morgan fingerprint density at radius 2 is 1.32 bits per heavy atom. The minimum absolute atomic E-state index is 0.0406. The first-order chi connectivity index (χ1) is 16.4. The number of carbonyl (C=O) groups is 1. The maximum absolute atomic E-state index is 14.0. The fourth-order valence-electron chi connectivity index (χ4n) is 4.36. The van der Waals surface area contributed by atoms with E-state index in [0.717, 1.165) is 11.1 Å². The highest BCUT2D eigenvalue weighted by Gasteiger charge is 2.33. The van der Waals surface area contributed by atoms with Crippen LogP contribution in [0.1, 0.15) is 29.5 Å². The third-order valence-electron chi connectivity index (χ3n) is 6.24. The zero-order valence-electron chi connectivity index (χ0n) is 19.0. The number of hydrogen-bond donors (Lipinski definition) is 0. The van der Waals surface area contributed by atoms with E-state index < -0.39 is 15.8 Å². The summed E-state index contributed by atoms with van der Waals surface area (Å²) in [6, 6.07) is 25.7. The van der Waals surface area contributed by atoms with Crippen molar-refractivity contribution in [1.29, 1.82) is 0 Å². The molecule has 5 nitrogen and oxygen atoms in total. The maximum atomic E-state index is 14.0. The molecule has 0 aromatic heterocycles. The Bertz CT molecular complexity index is 1150. The van der Waals surface area contributed by atoms with E-state index in [1.54, 1.807) is 12.1 Å². The van der Waals surface area contributed by atoms with Crippen molar-refractivity contribution < 1.29 is 17.6 Å². The van der Waals surface area contributed by atoms with Crippen LogP contribution in [-0.2, 0) is 33.7 Å². The number of nitrogens with zero attached hydrogens (tertiary/aromatic N) is 2. The van der Waals surface area contributed by atoms with Crippen LogP contribution in [-0.4, -0.2) is 36.6 Å². The van der Waals surface area contributed by atoms with Gasteiger partial charge < -0.3 is 4.90 Å². The molecule has 1 heterocycles. The van der Waals surface area contributed by atoms with Gasteiger partial charge >= 0.3 is 0 Å². The molecule has 7 heteroatoms. The predicted molar refractivity (Wildman–Crippen MR) is 130 cm³/mol. The lowest BCUT2D eigenvalue weighted by atomic mass is 9.96. The molecular formula is C27H29FN2O3S. The zero-order chi connectivity index (χ0) is 24.0. The average molecular weight is 481 g/mol. The van der Waals surface area contributed by atoms with Gasteiger partial charge in [-0.1, -0.05) is 78.9 Å². The second kappa shape index (κ2) is 10.9. The van der Waals surface area contributed by atoms with Gasteiger partial charge in [0.05, 0.1) is 5.75 Å². The number of halogens is 1. The topological polar surface area (TPSA) is 57.7 Å². The quantitative estimate of drug-likeness (QED) is 0.474. The molecule has 3 aromatic carbocycles. The van der Waals surface area contributed by atoms with Crippen LogP contribution in [0.25, 0.3) is 0 Å². The highest BCUT2D eigenvalue weighted by molar-refractivity contribution is 7.88. The van der Waals surface area contributed by atoms with E-state index in [1.807, 2.05) is 65.6 Å². The minimum Gasteiger partial charge on any atom is -0.334 e. The molecule has 0 bridgehead atoms. The van der Waals surface area contributed by atoms with E-state index >= 15 is 0 Å². The Labute approximate surface area is 200 Å². The molecule has 1 fully saturated rings. The van der Waals surface area contributed by atoms with Crippen molar-refractivity contribution in [2.45, 2.75) is 31.7 Å². The second-order valence-corrected chi connectivity index (χ2v) is 10.7. The summed E-state index contributed by atoms with van der Waals surface area (Å²) in [6.07, 6.45) is 0.908. The van der Waals surface area contributed by atoms with Crippen molar-refractivity contribution in [2.24, 2.45) is 5.92 Å². The first-order valence-corrected chi connectivity index (χ1v) is 13.1. The van der Waals surface area contributed by atoms with Crippen molar-refractivity contribution in [3.05, 3.63) is 107 Å². The van der Waals surface area contributed by atoms with E-state index in [0.29, 0.717) is 25.9 Å². The van der Waals surface area contributed by atoms with Crippen LogP contribution in [0.4, 0.5) is 4.39 Å². The Kier molecular flexibility index (Phi) is 7.75. The van der Waals surface area contributed by atoms with Crippen LogP contribution < -0.4 is 0 Å². The summed E-state index contributed by atoms with van der Waals surface area (Å²) in [7, 11) is -3.66. The van der Waals surface area contributed by atoms with Gasteiger partial charge in [0.2, 0.25) is 15.9 Å². The first kappa shape index (κ1) is 24.1. The molecule has 3 aromatic rings. The third-order valence-corrected chi connectivity index (χ3v) is 8.06. The van der Waals surface area contributed by atoms with Gasteiger partial charge in [0, 0.05) is 37.7 Å². The van der Waals surface area contributed by atoms with Gasteiger partial charge in [-0.25, -0.2) is 17.1 Å². The minimum atomic E-state index is -3.66. The molecule has 4 rings (SSSR count). The maximum Gasteiger partial charge on any atom is 0.226 e. The van der Waals surface area contributed by atoms with Gasteiger partial charge in [-0.3, -0.25) is 4.79 Å². The molecule has 0 aliphatic carbocycles. The number of carbonyl (C=O) groups excluding carboxylic acids is 1. The lowest BCUT2D eigenvalue weighted by Crippen LogP contribution is -2.44. The number of hydrogen-bond acceptors (Lipinski definition) is 3. The number of piperidine rings is 1. The number of amides is 1. The lowest BCUT2D eigenvalue weighted by Gasteiger charge is -2.34. The first-order valence-electron chi connectivity index (χ1n) is 11.5. The summed E-state index contributed by atoms with van der Waals surface area (Å²) < 4.78 is 41.1. The summed E-state index contributed by atoms with van der Waals surface area (Å²) in [5, 5.41) is 0. The number of benzene rings is 3. The van der Waals surface area contributed by atoms with Gasteiger partial charge in [-0.2, -0.15) is 0 Å². The van der Waals surface area contributed by atoms with Gasteiger partial charge in [0.15, 0.2) is 0 Å². The van der Waals surface area contributed by atoms with Crippen LogP contribution >= 0.6 is 0 Å². The fourth-order valence-corrected chi connectivity index (χ4v) is 5.94. The monoisotopic (exact) mass is 480 g/mol. The molecule has 0 N–H and O–H groups in total. The van der Waals surface area contributed by atoms with E-state index in [9.17, 15) is 17.6 Å². The van der Waals surface area contributed by atoms with Crippen molar-refractivity contribution in [3.63, 3.8) is 0 Å². The Morgan fingerprint density at radius 1 is 0.824 bits per heavy atom. The van der Waals surface area contributed by atoms with Crippen LogP contribution in [0.2, 0.25) is 0 Å². The SMILES string of the molecule is O=C(C1CCN(S(=O)(=O)Cc2ccccc2F)CC1)N(Cc1ccccc1)Cc1ccccc1. The molecule has 1 amide bonds. The third kappa shape index (κ3) is 6.10. The average Bonchev–Trinajstić information content (AvgIpc) is 2.86. The predicted octanol–water partition coefficient (Wildman–Crippen LogP) is 4.60. The highest BCUT2D eigenvalue weighted by Crippen LogP contribution is 2.25. The molecule has 0 radical (unpaired) electrons. The highest BCUT2D eigenvalue weighted by atomic mass is 32.2.